The largest absolute Gasteiger partial charge is 0.486 e. The van der Waals surface area contributed by atoms with Gasteiger partial charge in [-0.15, -0.1) is 0 Å². The van der Waals surface area contributed by atoms with Crippen molar-refractivity contribution in [1.82, 2.24) is 9.71 Å². The monoisotopic (exact) mass is 396 g/mol. The van der Waals surface area contributed by atoms with Crippen molar-refractivity contribution >= 4 is 10.0 Å². The van der Waals surface area contributed by atoms with Crippen LogP contribution in [0, 0.1) is 6.92 Å². The second-order valence-electron chi connectivity index (χ2n) is 6.71. The molecule has 2 atom stereocenters. The van der Waals surface area contributed by atoms with E-state index in [9.17, 15) is 8.42 Å². The molecule has 0 radical (unpaired) electrons. The molecule has 0 saturated heterocycles. The summed E-state index contributed by atoms with van der Waals surface area (Å²) in [6, 6.07) is 20.5. The van der Waals surface area contributed by atoms with Crippen molar-refractivity contribution in [2.45, 2.75) is 37.9 Å². The average Bonchev–Trinajstić information content (AvgIpc) is 2.69. The lowest BCUT2D eigenvalue weighted by atomic mass is 10.1. The van der Waals surface area contributed by atoms with E-state index >= 15 is 0 Å². The van der Waals surface area contributed by atoms with Crippen LogP contribution in [0.5, 0.6) is 5.75 Å². The lowest BCUT2D eigenvalue weighted by molar-refractivity contribution is 0.227. The molecule has 1 heterocycles. The summed E-state index contributed by atoms with van der Waals surface area (Å²) >= 11 is 0. The van der Waals surface area contributed by atoms with Crippen LogP contribution in [0.1, 0.15) is 42.7 Å². The zero-order valence-corrected chi connectivity index (χ0v) is 17.0. The van der Waals surface area contributed by atoms with Gasteiger partial charge >= 0.3 is 0 Å². The van der Waals surface area contributed by atoms with Crippen LogP contribution in [-0.2, 0) is 10.0 Å². The average molecular weight is 397 g/mol. The summed E-state index contributed by atoms with van der Waals surface area (Å²) in [5, 5.41) is 0.0542. The van der Waals surface area contributed by atoms with Crippen LogP contribution in [0.2, 0.25) is 0 Å². The molecule has 5 nitrogen and oxygen atoms in total. The van der Waals surface area contributed by atoms with E-state index in [-0.39, 0.29) is 11.1 Å². The van der Waals surface area contributed by atoms with Gasteiger partial charge in [-0.1, -0.05) is 48.5 Å². The van der Waals surface area contributed by atoms with E-state index in [0.29, 0.717) is 5.56 Å². The smallest absolute Gasteiger partial charge is 0.258 e. The number of aromatic nitrogens is 1. The fraction of sp³-hybridized carbons (Fsp3) is 0.227. The molecule has 0 spiro atoms. The lowest BCUT2D eigenvalue weighted by Crippen LogP contribution is -2.28. The number of nitrogens with zero attached hydrogens (tertiary/aromatic N) is 1. The van der Waals surface area contributed by atoms with Crippen molar-refractivity contribution in [3.8, 4) is 5.75 Å². The summed E-state index contributed by atoms with van der Waals surface area (Å²) in [5.74, 6) is 0.732. The Bertz CT molecular complexity index is 1020. The highest BCUT2D eigenvalue weighted by Crippen LogP contribution is 2.24. The van der Waals surface area contributed by atoms with Gasteiger partial charge in [0.1, 0.15) is 11.9 Å². The minimum absolute atomic E-state index is 0.0542. The first-order valence-electron chi connectivity index (χ1n) is 9.12. The minimum atomic E-state index is -3.70. The summed E-state index contributed by atoms with van der Waals surface area (Å²) in [6.07, 6.45) is 1.40. The van der Waals surface area contributed by atoms with Gasteiger partial charge in [-0.25, -0.2) is 18.1 Å². The molecular formula is C22H24N2O3S. The number of benzene rings is 2. The SMILES string of the molecule is Cc1cccnc1S(=O)(=O)NC(C)c1ccc(OC(C)c2ccccc2)cc1. The zero-order chi connectivity index (χ0) is 20.1. The number of aryl methyl sites for hydroxylation is 1. The second-order valence-corrected chi connectivity index (χ2v) is 8.34. The standard InChI is InChI=1S/C22H24N2O3S/c1-16-8-7-15-23-22(16)28(25,26)24-17(2)19-11-13-21(14-12-19)27-18(3)20-9-5-4-6-10-20/h4-15,17-18,24H,1-3H3. The molecular weight excluding hydrogens is 372 g/mol. The molecule has 0 saturated carbocycles. The van der Waals surface area contributed by atoms with Crippen LogP contribution < -0.4 is 9.46 Å². The zero-order valence-electron chi connectivity index (χ0n) is 16.2. The van der Waals surface area contributed by atoms with Crippen LogP contribution in [0.4, 0.5) is 0 Å². The molecule has 1 aromatic heterocycles. The van der Waals surface area contributed by atoms with Gasteiger partial charge in [0.2, 0.25) is 0 Å². The van der Waals surface area contributed by atoms with Crippen LogP contribution in [0.25, 0.3) is 0 Å². The molecule has 0 aliphatic rings. The molecule has 2 unspecified atom stereocenters. The molecule has 0 fully saturated rings. The summed E-state index contributed by atoms with van der Waals surface area (Å²) < 4.78 is 33.9. The van der Waals surface area contributed by atoms with Crippen LogP contribution in [0.3, 0.4) is 0 Å². The number of sulfonamides is 1. The Morgan fingerprint density at radius 3 is 2.21 bits per heavy atom. The van der Waals surface area contributed by atoms with E-state index in [2.05, 4.69) is 9.71 Å². The van der Waals surface area contributed by atoms with Crippen molar-refractivity contribution in [3.05, 3.63) is 89.6 Å². The Balaban J connectivity index is 1.68. The quantitative estimate of drug-likeness (QED) is 0.635. The molecule has 0 amide bonds. The maximum atomic E-state index is 12.6. The summed E-state index contributed by atoms with van der Waals surface area (Å²) in [4.78, 5) is 4.00. The fourth-order valence-corrected chi connectivity index (χ4v) is 4.35. The summed E-state index contributed by atoms with van der Waals surface area (Å²) in [6.45, 7) is 5.53. The van der Waals surface area contributed by atoms with E-state index in [1.54, 1.807) is 26.0 Å². The van der Waals surface area contributed by atoms with E-state index in [1.807, 2.05) is 61.5 Å². The van der Waals surface area contributed by atoms with Gasteiger partial charge in [0, 0.05) is 12.2 Å². The Morgan fingerprint density at radius 2 is 1.57 bits per heavy atom. The number of hydrogen-bond acceptors (Lipinski definition) is 4. The van der Waals surface area contributed by atoms with Crippen molar-refractivity contribution in [2.75, 3.05) is 0 Å². The van der Waals surface area contributed by atoms with Gasteiger partial charge in [0.05, 0.1) is 0 Å². The summed E-state index contributed by atoms with van der Waals surface area (Å²) in [7, 11) is -3.70. The van der Waals surface area contributed by atoms with Gasteiger partial charge in [0.25, 0.3) is 10.0 Å². The Labute approximate surface area is 166 Å². The Morgan fingerprint density at radius 1 is 0.893 bits per heavy atom. The molecule has 146 valence electrons. The lowest BCUT2D eigenvalue weighted by Gasteiger charge is -2.17. The molecule has 28 heavy (non-hydrogen) atoms. The molecule has 0 aliphatic carbocycles. The predicted octanol–water partition coefficient (Wildman–Crippen LogP) is 4.57. The first-order valence-corrected chi connectivity index (χ1v) is 10.6. The van der Waals surface area contributed by atoms with Crippen molar-refractivity contribution < 1.29 is 13.2 Å². The normalized spacial score (nSPS) is 13.7. The van der Waals surface area contributed by atoms with Gasteiger partial charge in [-0.2, -0.15) is 0 Å². The molecule has 0 bridgehead atoms. The van der Waals surface area contributed by atoms with Crippen molar-refractivity contribution in [1.29, 1.82) is 0 Å². The van der Waals surface area contributed by atoms with E-state index in [1.165, 1.54) is 6.20 Å². The predicted molar refractivity (Wildman–Crippen MR) is 110 cm³/mol. The Kier molecular flexibility index (Phi) is 6.11. The van der Waals surface area contributed by atoms with Crippen molar-refractivity contribution in [3.63, 3.8) is 0 Å². The first-order chi connectivity index (χ1) is 13.4. The maximum absolute atomic E-state index is 12.6. The number of ether oxygens (including phenoxy) is 1. The minimum Gasteiger partial charge on any atom is -0.486 e. The topological polar surface area (TPSA) is 68.3 Å². The van der Waals surface area contributed by atoms with Gasteiger partial charge in [-0.05, 0) is 55.7 Å². The van der Waals surface area contributed by atoms with Crippen LogP contribution in [0.15, 0.2) is 78.0 Å². The summed E-state index contributed by atoms with van der Waals surface area (Å²) in [5.41, 5.74) is 2.55. The molecule has 3 rings (SSSR count). The number of nitrogens with one attached hydrogen (secondary N) is 1. The third-order valence-electron chi connectivity index (χ3n) is 4.51. The molecule has 2 aromatic carbocycles. The Hall–Kier alpha value is -2.70. The van der Waals surface area contributed by atoms with Crippen molar-refractivity contribution in [2.24, 2.45) is 0 Å². The highest BCUT2D eigenvalue weighted by molar-refractivity contribution is 7.89. The molecule has 3 aromatic rings. The van der Waals surface area contributed by atoms with Gasteiger partial charge < -0.3 is 4.74 Å². The van der Waals surface area contributed by atoms with E-state index in [4.69, 9.17) is 4.74 Å². The van der Waals surface area contributed by atoms with Gasteiger partial charge in [-0.3, -0.25) is 0 Å². The molecule has 6 heteroatoms. The third-order valence-corrected chi connectivity index (χ3v) is 6.11. The van der Waals surface area contributed by atoms with Gasteiger partial charge in [0.15, 0.2) is 5.03 Å². The van der Waals surface area contributed by atoms with Crippen LogP contribution >= 0.6 is 0 Å². The highest BCUT2D eigenvalue weighted by Gasteiger charge is 2.21. The first kappa shape index (κ1) is 20.0. The second kappa shape index (κ2) is 8.54. The number of pyridine rings is 1. The van der Waals surface area contributed by atoms with E-state index < -0.39 is 16.1 Å². The fourth-order valence-electron chi connectivity index (χ4n) is 2.94. The number of rotatable bonds is 7. The maximum Gasteiger partial charge on any atom is 0.258 e. The third kappa shape index (κ3) is 4.77. The highest BCUT2D eigenvalue weighted by atomic mass is 32.2. The van der Waals surface area contributed by atoms with Crippen LogP contribution in [-0.4, -0.2) is 13.4 Å². The number of hydrogen-bond donors (Lipinski definition) is 1. The molecule has 1 N–H and O–H groups in total. The van der Waals surface area contributed by atoms with E-state index in [0.717, 1.165) is 16.9 Å². The molecule has 0 aliphatic heterocycles.